The van der Waals surface area contributed by atoms with Gasteiger partial charge in [-0.15, -0.1) is 0 Å². The number of rotatable bonds is 9. The van der Waals surface area contributed by atoms with E-state index in [1.165, 1.54) is 6.07 Å². The van der Waals surface area contributed by atoms with Crippen molar-refractivity contribution >= 4 is 28.6 Å². The largest absolute Gasteiger partial charge is 0.478 e. The van der Waals surface area contributed by atoms with E-state index in [9.17, 15) is 18.7 Å². The summed E-state index contributed by atoms with van der Waals surface area (Å²) in [5, 5.41) is 10.2. The maximum absolute atomic E-state index is 13.3. The number of carbonyl (C=O) groups is 1. The van der Waals surface area contributed by atoms with Crippen molar-refractivity contribution in [3.63, 3.8) is 0 Å². The molecule has 7 rings (SSSR count). The maximum atomic E-state index is 13.3. The molecule has 0 bridgehead atoms. The number of hydrogen-bond acceptors (Lipinski definition) is 8. The topological polar surface area (TPSA) is 108 Å². The Balaban J connectivity index is 1.11. The summed E-state index contributed by atoms with van der Waals surface area (Å²) >= 11 is 6.03. The smallest absolute Gasteiger partial charge is 0.387 e. The molecule has 0 unspecified atom stereocenters. The van der Waals surface area contributed by atoms with Crippen molar-refractivity contribution in [2.24, 2.45) is 0 Å². The first-order chi connectivity index (χ1) is 21.7. The second-order valence-corrected chi connectivity index (χ2v) is 12.1. The lowest BCUT2D eigenvalue weighted by atomic mass is 9.88. The Kier molecular flexibility index (Phi) is 7.74. The first kappa shape index (κ1) is 29.7. The van der Waals surface area contributed by atoms with Crippen LogP contribution < -0.4 is 14.2 Å². The van der Waals surface area contributed by atoms with Crippen molar-refractivity contribution < 1.29 is 37.6 Å². The van der Waals surface area contributed by atoms with Crippen LogP contribution in [0.4, 0.5) is 8.78 Å². The van der Waals surface area contributed by atoms with Gasteiger partial charge < -0.3 is 28.6 Å². The summed E-state index contributed by atoms with van der Waals surface area (Å²) in [4.78, 5) is 23.2. The number of halogens is 3. The van der Waals surface area contributed by atoms with Crippen LogP contribution in [-0.2, 0) is 23.6 Å². The van der Waals surface area contributed by atoms with Crippen molar-refractivity contribution in [3.05, 3.63) is 76.3 Å². The number of benzene rings is 2. The van der Waals surface area contributed by atoms with Gasteiger partial charge in [-0.3, -0.25) is 9.88 Å². The van der Waals surface area contributed by atoms with E-state index in [0.29, 0.717) is 47.5 Å². The summed E-state index contributed by atoms with van der Waals surface area (Å²) < 4.78 is 51.5. The zero-order valence-corrected chi connectivity index (χ0v) is 25.2. The van der Waals surface area contributed by atoms with Crippen molar-refractivity contribution in [1.29, 1.82) is 0 Å². The number of pyridine rings is 1. The summed E-state index contributed by atoms with van der Waals surface area (Å²) in [6.07, 6.45) is 4.06. The van der Waals surface area contributed by atoms with Crippen LogP contribution in [0.3, 0.4) is 0 Å². The quantitative estimate of drug-likeness (QED) is 0.229. The molecular formula is C32H31ClF2N4O6. The number of para-hydroxylation sites is 1. The van der Waals surface area contributed by atoms with Gasteiger partial charge in [-0.25, -0.2) is 9.78 Å². The Morgan fingerprint density at radius 3 is 2.64 bits per heavy atom. The van der Waals surface area contributed by atoms with Crippen LogP contribution in [0.2, 0.25) is 5.02 Å². The van der Waals surface area contributed by atoms with Crippen LogP contribution in [0.15, 0.2) is 48.7 Å². The highest BCUT2D eigenvalue weighted by Gasteiger charge is 2.42. The number of likely N-dealkylation sites (tertiary alicyclic amines) is 1. The first-order valence-corrected chi connectivity index (χ1v) is 15.2. The number of ether oxygens (including phenoxy) is 4. The van der Waals surface area contributed by atoms with Crippen molar-refractivity contribution in [2.75, 3.05) is 19.7 Å². The van der Waals surface area contributed by atoms with Crippen LogP contribution >= 0.6 is 11.6 Å². The molecule has 0 spiro atoms. The number of carboxylic acid groups (broad SMARTS) is 1. The molecule has 0 amide bonds. The average Bonchev–Trinajstić information content (AvgIpc) is 3.52. The molecule has 0 saturated carbocycles. The molecule has 2 aromatic carbocycles. The van der Waals surface area contributed by atoms with E-state index in [0.717, 1.165) is 49.7 Å². The molecule has 3 aliphatic heterocycles. The monoisotopic (exact) mass is 640 g/mol. The summed E-state index contributed by atoms with van der Waals surface area (Å²) in [5.74, 6) is -0.300. The highest BCUT2D eigenvalue weighted by molar-refractivity contribution is 6.30. The summed E-state index contributed by atoms with van der Waals surface area (Å²) in [5.41, 5.74) is 2.19. The summed E-state index contributed by atoms with van der Waals surface area (Å²) in [7, 11) is 0. The van der Waals surface area contributed by atoms with Gasteiger partial charge in [0.1, 0.15) is 17.0 Å². The van der Waals surface area contributed by atoms with Gasteiger partial charge in [-0.1, -0.05) is 23.7 Å². The molecule has 3 aliphatic rings. The third-order valence-electron chi connectivity index (χ3n) is 8.74. The van der Waals surface area contributed by atoms with Gasteiger partial charge in [0.05, 0.1) is 35.3 Å². The van der Waals surface area contributed by atoms with Crippen LogP contribution in [0, 0.1) is 0 Å². The lowest BCUT2D eigenvalue weighted by Crippen LogP contribution is -2.35. The van der Waals surface area contributed by atoms with Gasteiger partial charge in [0.15, 0.2) is 17.2 Å². The van der Waals surface area contributed by atoms with Crippen LogP contribution in [0.1, 0.15) is 59.5 Å². The van der Waals surface area contributed by atoms with Crippen molar-refractivity contribution in [1.82, 2.24) is 19.4 Å². The Bertz CT molecular complexity index is 1740. The fourth-order valence-electron chi connectivity index (χ4n) is 6.33. The van der Waals surface area contributed by atoms with E-state index in [-0.39, 0.29) is 28.9 Å². The van der Waals surface area contributed by atoms with Gasteiger partial charge >= 0.3 is 12.6 Å². The fourth-order valence-corrected chi connectivity index (χ4v) is 6.44. The third kappa shape index (κ3) is 5.78. The molecule has 1 N–H and O–H groups in total. The number of aromatic nitrogens is 3. The number of fused-ring (bicyclic) bond motifs is 2. The number of carboxylic acids is 1. The predicted octanol–water partition coefficient (Wildman–Crippen LogP) is 6.20. The number of hydrogen-bond donors (Lipinski definition) is 1. The first-order valence-electron chi connectivity index (χ1n) is 14.8. The molecule has 10 nitrogen and oxygen atoms in total. The molecule has 45 heavy (non-hydrogen) atoms. The summed E-state index contributed by atoms with van der Waals surface area (Å²) in [6.45, 7) is 1.78. The normalized spacial score (nSPS) is 21.8. The second-order valence-electron chi connectivity index (χ2n) is 11.7. The minimum absolute atomic E-state index is 0.0593. The average molecular weight is 641 g/mol. The van der Waals surface area contributed by atoms with Crippen molar-refractivity contribution in [3.8, 4) is 17.2 Å². The van der Waals surface area contributed by atoms with Gasteiger partial charge in [0.2, 0.25) is 0 Å². The highest BCUT2D eigenvalue weighted by atomic mass is 35.5. The Morgan fingerprint density at radius 2 is 1.98 bits per heavy atom. The van der Waals surface area contributed by atoms with E-state index >= 15 is 0 Å². The zero-order valence-electron chi connectivity index (χ0n) is 24.4. The number of imidazole rings is 1. The molecule has 2 fully saturated rings. The maximum Gasteiger partial charge on any atom is 0.387 e. The van der Waals surface area contributed by atoms with Crippen LogP contribution in [0.5, 0.6) is 17.2 Å². The minimum atomic E-state index is -3.12. The molecule has 2 aromatic heterocycles. The molecular weight excluding hydrogens is 610 g/mol. The number of nitrogens with zero attached hydrogens (tertiary/aromatic N) is 4. The number of alkyl halides is 2. The van der Waals surface area contributed by atoms with Gasteiger partial charge in [0, 0.05) is 25.3 Å². The molecule has 0 aliphatic carbocycles. The van der Waals surface area contributed by atoms with E-state index in [4.69, 9.17) is 35.5 Å². The van der Waals surface area contributed by atoms with E-state index in [2.05, 4.69) is 16.0 Å². The van der Waals surface area contributed by atoms with Gasteiger partial charge in [-0.2, -0.15) is 8.78 Å². The van der Waals surface area contributed by atoms with E-state index in [1.54, 1.807) is 18.3 Å². The lowest BCUT2D eigenvalue weighted by molar-refractivity contribution is -0.0722. The standard InChI is InChI=1S/C32H31ClF2N4O6/c1-32(26-6-5-20(33)15-36-26)44-24-4-2-3-22(29(24)45-32)18-7-10-38(11-8-18)17-27-37-28-23(39(27)16-21-9-12-42-21)13-19(30(40)41)14-25(28)43-31(34)35/h2-6,13-15,18,21,31H,7-12,16-17H2,1H3,(H,40,41)/t21-,32-/m0/s1. The Hall–Kier alpha value is -4.00. The molecule has 2 saturated heterocycles. The molecule has 0 radical (unpaired) electrons. The Morgan fingerprint density at radius 1 is 1.18 bits per heavy atom. The van der Waals surface area contributed by atoms with E-state index < -0.39 is 18.4 Å². The fraction of sp³-hybridized carbons (Fsp3) is 0.406. The molecule has 5 heterocycles. The lowest BCUT2D eigenvalue weighted by Gasteiger charge is -2.33. The molecule has 2 atom stereocenters. The minimum Gasteiger partial charge on any atom is -0.478 e. The van der Waals surface area contributed by atoms with Gasteiger partial charge in [0.25, 0.3) is 5.79 Å². The van der Waals surface area contributed by atoms with Crippen LogP contribution in [0.25, 0.3) is 11.0 Å². The predicted molar refractivity (Wildman–Crippen MR) is 159 cm³/mol. The van der Waals surface area contributed by atoms with Gasteiger partial charge in [-0.05, 0) is 68.6 Å². The number of aromatic carboxylic acids is 1. The zero-order chi connectivity index (χ0) is 31.3. The third-order valence-corrected chi connectivity index (χ3v) is 8.96. The highest BCUT2D eigenvalue weighted by Crippen LogP contribution is 2.49. The molecule has 4 aromatic rings. The second kappa shape index (κ2) is 11.7. The Labute approximate surface area is 262 Å². The number of piperidine rings is 1. The van der Waals surface area contributed by atoms with E-state index in [1.807, 2.05) is 23.6 Å². The van der Waals surface area contributed by atoms with Crippen LogP contribution in [-0.4, -0.2) is 62.9 Å². The molecule has 236 valence electrons. The summed E-state index contributed by atoms with van der Waals surface area (Å²) in [6, 6.07) is 12.1. The SMILES string of the molecule is C[C@]1(c2ccc(Cl)cn2)Oc2cccc(C3CCN(Cc4nc5c(OC(F)F)cc(C(=O)O)cc5n4C[C@@H]4CCO4)CC3)c2O1. The molecule has 13 heteroatoms. The van der Waals surface area contributed by atoms with Crippen molar-refractivity contribution in [2.45, 2.75) is 63.7 Å².